The number of carbonyl (C=O) groups is 1. The van der Waals surface area contributed by atoms with Crippen molar-refractivity contribution < 1.29 is 4.79 Å². The first-order valence-electron chi connectivity index (χ1n) is 5.88. The molecule has 5 heteroatoms. The van der Waals surface area contributed by atoms with Gasteiger partial charge in [-0.3, -0.25) is 9.78 Å². The first-order valence-corrected chi connectivity index (χ1v) is 6.67. The number of carbonyl (C=O) groups excluding carboxylic acids is 1. The van der Waals surface area contributed by atoms with E-state index in [1.54, 1.807) is 42.7 Å². The second-order valence-electron chi connectivity index (χ2n) is 4.24. The molecule has 1 unspecified atom stereocenters. The van der Waals surface area contributed by atoms with Crippen molar-refractivity contribution in [1.82, 2.24) is 14.9 Å². The van der Waals surface area contributed by atoms with Crippen LogP contribution in [0.25, 0.3) is 0 Å². The summed E-state index contributed by atoms with van der Waals surface area (Å²) in [4.78, 5) is 22.1. The highest BCUT2D eigenvalue weighted by Crippen LogP contribution is 2.20. The van der Waals surface area contributed by atoms with E-state index in [2.05, 4.69) is 25.9 Å². The van der Waals surface area contributed by atoms with Crippen molar-refractivity contribution in [3.8, 4) is 0 Å². The van der Waals surface area contributed by atoms with E-state index in [1.165, 1.54) is 0 Å². The molecule has 0 fully saturated rings. The minimum Gasteiger partial charge on any atom is -0.335 e. The average molecular weight is 320 g/mol. The van der Waals surface area contributed by atoms with Crippen LogP contribution in [-0.2, 0) is 0 Å². The minimum atomic E-state index is -0.0348. The zero-order valence-corrected chi connectivity index (χ0v) is 12.3. The van der Waals surface area contributed by atoms with Gasteiger partial charge in [-0.05, 0) is 52.7 Å². The van der Waals surface area contributed by atoms with Crippen LogP contribution in [-0.4, -0.2) is 27.8 Å². The third-order valence-electron chi connectivity index (χ3n) is 3.06. The molecule has 0 aliphatic carbocycles. The van der Waals surface area contributed by atoms with Gasteiger partial charge in [0.15, 0.2) is 0 Å². The molecule has 98 valence electrons. The molecule has 4 nitrogen and oxygen atoms in total. The molecule has 0 saturated heterocycles. The lowest BCUT2D eigenvalue weighted by molar-refractivity contribution is 0.0742. The molecule has 0 saturated carbocycles. The summed E-state index contributed by atoms with van der Waals surface area (Å²) < 4.78 is 0.656. The summed E-state index contributed by atoms with van der Waals surface area (Å²) in [6.45, 7) is 1.99. The summed E-state index contributed by atoms with van der Waals surface area (Å²) >= 11 is 3.27. The molecule has 1 amide bonds. The second-order valence-corrected chi connectivity index (χ2v) is 5.05. The van der Waals surface area contributed by atoms with Crippen LogP contribution >= 0.6 is 15.9 Å². The van der Waals surface area contributed by atoms with Crippen molar-refractivity contribution >= 4 is 21.8 Å². The molecular weight excluding hydrogens is 306 g/mol. The van der Waals surface area contributed by atoms with E-state index in [-0.39, 0.29) is 11.9 Å². The Balaban J connectivity index is 2.20. The SMILES string of the molecule is CC(c1ccncc1)N(C)C(=O)c1ccnc(Br)c1. The third-order valence-corrected chi connectivity index (χ3v) is 3.50. The quantitative estimate of drug-likeness (QED) is 0.817. The molecule has 0 aliphatic heterocycles. The van der Waals surface area contributed by atoms with Gasteiger partial charge in [-0.1, -0.05) is 0 Å². The molecule has 0 N–H and O–H groups in total. The average Bonchev–Trinajstić information content (AvgIpc) is 2.46. The first kappa shape index (κ1) is 13.7. The van der Waals surface area contributed by atoms with E-state index >= 15 is 0 Å². The Morgan fingerprint density at radius 1 is 1.26 bits per heavy atom. The molecule has 0 bridgehead atoms. The molecule has 0 aromatic carbocycles. The zero-order valence-electron chi connectivity index (χ0n) is 10.7. The summed E-state index contributed by atoms with van der Waals surface area (Å²) in [5.41, 5.74) is 1.67. The largest absolute Gasteiger partial charge is 0.335 e. The zero-order chi connectivity index (χ0) is 13.8. The second kappa shape index (κ2) is 5.93. The van der Waals surface area contributed by atoms with Gasteiger partial charge in [0.25, 0.3) is 5.91 Å². The summed E-state index contributed by atoms with van der Waals surface area (Å²) in [7, 11) is 1.79. The fourth-order valence-corrected chi connectivity index (χ4v) is 2.15. The number of amides is 1. The van der Waals surface area contributed by atoms with Crippen molar-refractivity contribution in [1.29, 1.82) is 0 Å². The number of hydrogen-bond donors (Lipinski definition) is 0. The van der Waals surface area contributed by atoms with Crippen LogP contribution in [0.15, 0.2) is 47.5 Å². The number of hydrogen-bond acceptors (Lipinski definition) is 3. The molecule has 2 heterocycles. The lowest BCUT2D eigenvalue weighted by Gasteiger charge is -2.25. The van der Waals surface area contributed by atoms with E-state index in [9.17, 15) is 4.79 Å². The Bertz CT molecular complexity index is 574. The van der Waals surface area contributed by atoms with Crippen LogP contribution in [0.2, 0.25) is 0 Å². The van der Waals surface area contributed by atoms with Crippen LogP contribution in [0.3, 0.4) is 0 Å². The van der Waals surface area contributed by atoms with E-state index in [4.69, 9.17) is 0 Å². The number of pyridine rings is 2. The van der Waals surface area contributed by atoms with E-state index < -0.39 is 0 Å². The van der Waals surface area contributed by atoms with Crippen LogP contribution in [0.5, 0.6) is 0 Å². The smallest absolute Gasteiger partial charge is 0.254 e. The van der Waals surface area contributed by atoms with Gasteiger partial charge < -0.3 is 4.90 Å². The maximum atomic E-state index is 12.4. The molecule has 2 aromatic heterocycles. The van der Waals surface area contributed by atoms with Gasteiger partial charge in [-0.2, -0.15) is 0 Å². The Hall–Kier alpha value is -1.75. The highest BCUT2D eigenvalue weighted by atomic mass is 79.9. The van der Waals surface area contributed by atoms with E-state index in [0.29, 0.717) is 10.2 Å². The molecule has 0 radical (unpaired) electrons. The van der Waals surface area contributed by atoms with Crippen LogP contribution in [0.4, 0.5) is 0 Å². The Morgan fingerprint density at radius 3 is 2.58 bits per heavy atom. The molecule has 0 spiro atoms. The van der Waals surface area contributed by atoms with Gasteiger partial charge >= 0.3 is 0 Å². The van der Waals surface area contributed by atoms with Gasteiger partial charge in [0.05, 0.1) is 6.04 Å². The molecule has 2 rings (SSSR count). The van der Waals surface area contributed by atoms with Crippen molar-refractivity contribution in [2.45, 2.75) is 13.0 Å². The third kappa shape index (κ3) is 3.17. The molecule has 2 aromatic rings. The predicted octanol–water partition coefficient (Wildman–Crippen LogP) is 3.07. The number of nitrogens with zero attached hydrogens (tertiary/aromatic N) is 3. The van der Waals surface area contributed by atoms with E-state index in [1.807, 2.05) is 19.1 Å². The number of aromatic nitrogens is 2. The molecular formula is C14H14BrN3O. The van der Waals surface area contributed by atoms with Crippen molar-refractivity contribution in [2.75, 3.05) is 7.05 Å². The van der Waals surface area contributed by atoms with Crippen molar-refractivity contribution in [3.05, 3.63) is 58.6 Å². The standard InChI is InChI=1S/C14H14BrN3O/c1-10(11-3-6-16-7-4-11)18(2)14(19)12-5-8-17-13(15)9-12/h3-10H,1-2H3. The lowest BCUT2D eigenvalue weighted by atomic mass is 10.1. The molecule has 19 heavy (non-hydrogen) atoms. The predicted molar refractivity (Wildman–Crippen MR) is 76.7 cm³/mol. The Morgan fingerprint density at radius 2 is 1.95 bits per heavy atom. The van der Waals surface area contributed by atoms with E-state index in [0.717, 1.165) is 5.56 Å². The fourth-order valence-electron chi connectivity index (χ4n) is 1.78. The minimum absolute atomic E-state index is 0.0116. The lowest BCUT2D eigenvalue weighted by Crippen LogP contribution is -2.29. The highest BCUT2D eigenvalue weighted by Gasteiger charge is 2.18. The van der Waals surface area contributed by atoms with Crippen molar-refractivity contribution in [3.63, 3.8) is 0 Å². The van der Waals surface area contributed by atoms with Gasteiger partial charge in [0, 0.05) is 31.2 Å². The number of rotatable bonds is 3. The normalized spacial score (nSPS) is 11.9. The summed E-state index contributed by atoms with van der Waals surface area (Å²) in [5, 5.41) is 0. The van der Waals surface area contributed by atoms with Crippen molar-refractivity contribution in [2.24, 2.45) is 0 Å². The van der Waals surface area contributed by atoms with Crippen LogP contribution in [0.1, 0.15) is 28.9 Å². The first-order chi connectivity index (χ1) is 9.09. The molecule has 1 atom stereocenters. The Labute approximate surface area is 120 Å². The summed E-state index contributed by atoms with van der Waals surface area (Å²) in [6, 6.07) is 7.25. The van der Waals surface area contributed by atoms with Crippen LogP contribution in [0, 0.1) is 0 Å². The summed E-state index contributed by atoms with van der Waals surface area (Å²) in [6.07, 6.45) is 5.07. The van der Waals surface area contributed by atoms with Gasteiger partial charge in [0.1, 0.15) is 4.60 Å². The highest BCUT2D eigenvalue weighted by molar-refractivity contribution is 9.10. The molecule has 0 aliphatic rings. The maximum absolute atomic E-state index is 12.4. The van der Waals surface area contributed by atoms with Gasteiger partial charge in [-0.15, -0.1) is 0 Å². The summed E-state index contributed by atoms with van der Waals surface area (Å²) in [5.74, 6) is -0.0348. The number of halogens is 1. The van der Waals surface area contributed by atoms with Crippen LogP contribution < -0.4 is 0 Å². The van der Waals surface area contributed by atoms with Gasteiger partial charge in [0.2, 0.25) is 0 Å². The maximum Gasteiger partial charge on any atom is 0.254 e. The Kier molecular flexibility index (Phi) is 4.27. The monoisotopic (exact) mass is 319 g/mol. The van der Waals surface area contributed by atoms with Gasteiger partial charge in [-0.25, -0.2) is 4.98 Å². The fraction of sp³-hybridized carbons (Fsp3) is 0.214. The topological polar surface area (TPSA) is 46.1 Å².